The normalized spacial score (nSPS) is 16.6. The van der Waals surface area contributed by atoms with E-state index in [0.717, 1.165) is 31.6 Å². The summed E-state index contributed by atoms with van der Waals surface area (Å²) >= 11 is 0. The molecule has 0 aromatic heterocycles. The zero-order valence-electron chi connectivity index (χ0n) is 18.2. The molecule has 1 saturated heterocycles. The number of halogens is 5. The minimum Gasteiger partial charge on any atom is -0.484 e. The molecule has 1 unspecified atom stereocenters. The Labute approximate surface area is 189 Å². The second kappa shape index (κ2) is 10.8. The molecule has 1 heterocycles. The molecule has 2 aromatic carbocycles. The molecule has 0 bridgehead atoms. The summed E-state index contributed by atoms with van der Waals surface area (Å²) in [7, 11) is 1.99. The van der Waals surface area contributed by atoms with Crippen LogP contribution in [0.4, 0.5) is 26.7 Å². The van der Waals surface area contributed by atoms with Crippen LogP contribution in [0.15, 0.2) is 42.5 Å². The highest BCUT2D eigenvalue weighted by Crippen LogP contribution is 2.20. The van der Waals surface area contributed by atoms with Gasteiger partial charge in [-0.2, -0.15) is 13.2 Å². The van der Waals surface area contributed by atoms with Crippen molar-refractivity contribution in [1.29, 1.82) is 0 Å². The van der Waals surface area contributed by atoms with Gasteiger partial charge in [0.2, 0.25) is 0 Å². The second-order valence-corrected chi connectivity index (χ2v) is 8.24. The van der Waals surface area contributed by atoms with Gasteiger partial charge in [-0.25, -0.2) is 13.6 Å². The third-order valence-corrected chi connectivity index (χ3v) is 5.40. The fourth-order valence-corrected chi connectivity index (χ4v) is 3.72. The molecule has 1 N–H and O–H groups in total. The van der Waals surface area contributed by atoms with E-state index in [1.165, 1.54) is 23.1 Å². The van der Waals surface area contributed by atoms with Gasteiger partial charge in [-0.1, -0.05) is 18.2 Å². The number of likely N-dealkylation sites (tertiary alicyclic amines) is 1. The summed E-state index contributed by atoms with van der Waals surface area (Å²) in [5.74, 6) is -1.10. The summed E-state index contributed by atoms with van der Waals surface area (Å²) < 4.78 is 68.9. The Hall–Kier alpha value is -2.88. The zero-order valence-corrected chi connectivity index (χ0v) is 18.2. The molecule has 2 amide bonds. The predicted octanol–water partition coefficient (Wildman–Crippen LogP) is 4.57. The highest BCUT2D eigenvalue weighted by Gasteiger charge is 2.28. The van der Waals surface area contributed by atoms with Crippen LogP contribution in [0.1, 0.15) is 17.5 Å². The van der Waals surface area contributed by atoms with Gasteiger partial charge < -0.3 is 19.9 Å². The van der Waals surface area contributed by atoms with Crippen molar-refractivity contribution in [2.24, 2.45) is 5.92 Å². The number of ether oxygens (including phenoxy) is 1. The van der Waals surface area contributed by atoms with E-state index < -0.39 is 30.4 Å². The molecule has 1 fully saturated rings. The first kappa shape index (κ1) is 24.8. The molecule has 1 atom stereocenters. The average molecular weight is 471 g/mol. The Morgan fingerprint density at radius 1 is 1.18 bits per heavy atom. The van der Waals surface area contributed by atoms with Crippen molar-refractivity contribution >= 4 is 6.03 Å². The lowest BCUT2D eigenvalue weighted by Gasteiger charge is -2.26. The molecule has 0 radical (unpaired) electrons. The molecular weight excluding hydrogens is 445 g/mol. The molecule has 0 spiro atoms. The summed E-state index contributed by atoms with van der Waals surface area (Å²) in [6, 6.07) is 8.76. The van der Waals surface area contributed by atoms with Crippen molar-refractivity contribution in [3.05, 3.63) is 65.2 Å². The van der Waals surface area contributed by atoms with E-state index in [2.05, 4.69) is 15.0 Å². The molecule has 33 heavy (non-hydrogen) atoms. The second-order valence-electron chi connectivity index (χ2n) is 8.24. The molecule has 10 heteroatoms. The number of hydrogen-bond donors (Lipinski definition) is 1. The number of amides is 2. The smallest absolute Gasteiger partial charge is 0.422 e. The number of carbonyl (C=O) groups is 1. The van der Waals surface area contributed by atoms with Crippen molar-refractivity contribution in [2.75, 3.05) is 33.3 Å². The van der Waals surface area contributed by atoms with Crippen LogP contribution in [-0.2, 0) is 13.1 Å². The first-order chi connectivity index (χ1) is 15.6. The van der Waals surface area contributed by atoms with E-state index in [1.807, 2.05) is 7.05 Å². The van der Waals surface area contributed by atoms with Crippen molar-refractivity contribution in [3.8, 4) is 5.75 Å². The van der Waals surface area contributed by atoms with Gasteiger partial charge in [0.05, 0.1) is 6.54 Å². The standard InChI is InChI=1S/C23H26F5N3O2/c1-30-9-8-17(12-30)13-31(14-18-4-5-19(24)10-21(18)25)22(32)29-11-16-2-6-20(7-3-16)33-15-23(26,27)28/h2-7,10,17H,8-9,11-15H2,1H3,(H,29,32). The van der Waals surface area contributed by atoms with Crippen LogP contribution in [-0.4, -0.2) is 55.3 Å². The summed E-state index contributed by atoms with van der Waals surface area (Å²) in [5.41, 5.74) is 0.875. The lowest BCUT2D eigenvalue weighted by Crippen LogP contribution is -2.42. The van der Waals surface area contributed by atoms with Crippen molar-refractivity contribution in [2.45, 2.75) is 25.7 Å². The Morgan fingerprint density at radius 3 is 2.52 bits per heavy atom. The number of alkyl halides is 3. The summed E-state index contributed by atoms with van der Waals surface area (Å²) in [5, 5.41) is 2.77. The van der Waals surface area contributed by atoms with E-state index in [9.17, 15) is 26.7 Å². The van der Waals surface area contributed by atoms with Crippen LogP contribution in [0.5, 0.6) is 5.75 Å². The fraction of sp³-hybridized carbons (Fsp3) is 0.435. The van der Waals surface area contributed by atoms with Crippen LogP contribution in [0.2, 0.25) is 0 Å². The fourth-order valence-electron chi connectivity index (χ4n) is 3.72. The molecule has 3 rings (SSSR count). The monoisotopic (exact) mass is 471 g/mol. The Bertz CT molecular complexity index is 937. The van der Waals surface area contributed by atoms with E-state index in [1.54, 1.807) is 12.1 Å². The molecule has 1 aliphatic heterocycles. The Balaban J connectivity index is 1.61. The molecule has 0 aliphatic carbocycles. The number of hydrogen-bond acceptors (Lipinski definition) is 3. The van der Waals surface area contributed by atoms with E-state index in [4.69, 9.17) is 0 Å². The van der Waals surface area contributed by atoms with Crippen molar-refractivity contribution in [1.82, 2.24) is 15.1 Å². The minimum absolute atomic E-state index is 0.0115. The zero-order chi connectivity index (χ0) is 24.0. The molecule has 0 saturated carbocycles. The average Bonchev–Trinajstić information content (AvgIpc) is 3.16. The van der Waals surface area contributed by atoms with Gasteiger partial charge in [-0.05, 0) is 49.7 Å². The van der Waals surface area contributed by atoms with Crippen molar-refractivity contribution in [3.63, 3.8) is 0 Å². The molecular formula is C23H26F5N3O2. The number of nitrogens with zero attached hydrogens (tertiary/aromatic N) is 2. The Kier molecular flexibility index (Phi) is 8.12. The van der Waals surface area contributed by atoms with Crippen LogP contribution in [0.25, 0.3) is 0 Å². The van der Waals surface area contributed by atoms with Gasteiger partial charge in [0, 0.05) is 31.3 Å². The summed E-state index contributed by atoms with van der Waals surface area (Å²) in [4.78, 5) is 16.6. The minimum atomic E-state index is -4.42. The van der Waals surface area contributed by atoms with E-state index in [-0.39, 0.29) is 30.3 Å². The number of urea groups is 1. The van der Waals surface area contributed by atoms with Crippen molar-refractivity contribution < 1.29 is 31.5 Å². The maximum Gasteiger partial charge on any atom is 0.422 e. The highest BCUT2D eigenvalue weighted by atomic mass is 19.4. The third-order valence-electron chi connectivity index (χ3n) is 5.40. The number of rotatable bonds is 8. The van der Waals surface area contributed by atoms with Crippen LogP contribution >= 0.6 is 0 Å². The largest absolute Gasteiger partial charge is 0.484 e. The lowest BCUT2D eigenvalue weighted by molar-refractivity contribution is -0.153. The third kappa shape index (κ3) is 7.88. The number of carbonyl (C=O) groups excluding carboxylic acids is 1. The molecule has 5 nitrogen and oxygen atoms in total. The number of nitrogens with one attached hydrogen (secondary N) is 1. The molecule has 2 aromatic rings. The maximum absolute atomic E-state index is 14.2. The van der Waals surface area contributed by atoms with Gasteiger partial charge in [0.25, 0.3) is 0 Å². The van der Waals surface area contributed by atoms with Gasteiger partial charge in [-0.3, -0.25) is 0 Å². The van der Waals surface area contributed by atoms with Crippen LogP contribution in [0.3, 0.4) is 0 Å². The predicted molar refractivity (Wildman–Crippen MR) is 113 cm³/mol. The SMILES string of the molecule is CN1CCC(CN(Cc2ccc(F)cc2F)C(=O)NCc2ccc(OCC(F)(F)F)cc2)C1. The van der Waals surface area contributed by atoms with Gasteiger partial charge in [0.1, 0.15) is 17.4 Å². The van der Waals surface area contributed by atoms with Gasteiger partial charge in [-0.15, -0.1) is 0 Å². The quantitative estimate of drug-likeness (QED) is 0.574. The van der Waals surface area contributed by atoms with E-state index in [0.29, 0.717) is 12.1 Å². The lowest BCUT2D eigenvalue weighted by atomic mass is 10.1. The first-order valence-corrected chi connectivity index (χ1v) is 10.5. The van der Waals surface area contributed by atoms with Crippen LogP contribution < -0.4 is 10.1 Å². The first-order valence-electron chi connectivity index (χ1n) is 10.5. The van der Waals surface area contributed by atoms with E-state index >= 15 is 0 Å². The van der Waals surface area contributed by atoms with Gasteiger partial charge in [0.15, 0.2) is 6.61 Å². The molecule has 1 aliphatic rings. The number of benzene rings is 2. The highest BCUT2D eigenvalue weighted by molar-refractivity contribution is 5.74. The van der Waals surface area contributed by atoms with Crippen LogP contribution in [0, 0.1) is 17.6 Å². The Morgan fingerprint density at radius 2 is 1.91 bits per heavy atom. The maximum atomic E-state index is 14.2. The summed E-state index contributed by atoms with van der Waals surface area (Å²) in [6.07, 6.45) is -3.51. The molecule has 180 valence electrons. The van der Waals surface area contributed by atoms with Gasteiger partial charge >= 0.3 is 12.2 Å². The summed E-state index contributed by atoms with van der Waals surface area (Å²) in [6.45, 7) is 0.877. The topological polar surface area (TPSA) is 44.8 Å².